The van der Waals surface area contributed by atoms with E-state index in [2.05, 4.69) is 51.2 Å². The number of rotatable bonds is 5. The summed E-state index contributed by atoms with van der Waals surface area (Å²) in [5.74, 6) is 0. The first kappa shape index (κ1) is 15.6. The lowest BCUT2D eigenvalue weighted by Crippen LogP contribution is -2.22. The van der Waals surface area contributed by atoms with Crippen LogP contribution in [0.4, 0.5) is 0 Å². The molecule has 0 fully saturated rings. The Morgan fingerprint density at radius 1 is 1.10 bits per heavy atom. The van der Waals surface area contributed by atoms with Gasteiger partial charge in [0.1, 0.15) is 0 Å². The monoisotopic (exact) mass is 307 g/mol. The fourth-order valence-electron chi connectivity index (χ4n) is 2.46. The molecule has 3 heteroatoms. The molecule has 2 aromatic rings. The van der Waals surface area contributed by atoms with E-state index in [0.29, 0.717) is 6.04 Å². The van der Waals surface area contributed by atoms with Gasteiger partial charge in [0.2, 0.25) is 0 Å². The minimum atomic E-state index is 0.379. The third-order valence-corrected chi connectivity index (χ3v) is 5.09. The molecule has 0 aliphatic rings. The molecule has 0 radical (unpaired) electrons. The molecule has 1 unspecified atom stereocenters. The average molecular weight is 308 g/mol. The smallest absolute Gasteiger partial charge is 0.0931 e. The van der Waals surface area contributed by atoms with Crippen LogP contribution in [0, 0.1) is 20.8 Å². The summed E-state index contributed by atoms with van der Waals surface area (Å²) >= 11 is 7.62. The van der Waals surface area contributed by atoms with E-state index in [0.717, 1.165) is 17.3 Å². The standard InChI is InChI=1S/C17H22ClNS/c1-11-9-13(3)16(10-12(11)2)14(4)19-8-7-15-5-6-17(18)20-15/h5-6,9-10,14,19H,7-8H2,1-4H3. The Kier molecular flexibility index (Phi) is 5.25. The van der Waals surface area contributed by atoms with Gasteiger partial charge in [-0.15, -0.1) is 11.3 Å². The lowest BCUT2D eigenvalue weighted by molar-refractivity contribution is 0.575. The van der Waals surface area contributed by atoms with Gasteiger partial charge in [-0.3, -0.25) is 0 Å². The van der Waals surface area contributed by atoms with E-state index >= 15 is 0 Å². The van der Waals surface area contributed by atoms with Crippen LogP contribution in [0.2, 0.25) is 4.34 Å². The van der Waals surface area contributed by atoms with Crippen LogP contribution in [-0.2, 0) is 6.42 Å². The highest BCUT2D eigenvalue weighted by Crippen LogP contribution is 2.23. The van der Waals surface area contributed by atoms with E-state index in [9.17, 15) is 0 Å². The van der Waals surface area contributed by atoms with Gasteiger partial charge >= 0.3 is 0 Å². The molecule has 2 rings (SSSR count). The van der Waals surface area contributed by atoms with Crippen molar-refractivity contribution in [1.82, 2.24) is 5.32 Å². The SMILES string of the molecule is Cc1cc(C)c(C(C)NCCc2ccc(Cl)s2)cc1C. The highest BCUT2D eigenvalue weighted by molar-refractivity contribution is 7.16. The van der Waals surface area contributed by atoms with Gasteiger partial charge in [-0.2, -0.15) is 0 Å². The molecule has 1 N–H and O–H groups in total. The van der Waals surface area contributed by atoms with Crippen LogP contribution in [0.3, 0.4) is 0 Å². The zero-order valence-electron chi connectivity index (χ0n) is 12.6. The van der Waals surface area contributed by atoms with Gasteiger partial charge in [0.05, 0.1) is 4.34 Å². The van der Waals surface area contributed by atoms with Crippen molar-refractivity contribution in [1.29, 1.82) is 0 Å². The number of hydrogen-bond acceptors (Lipinski definition) is 2. The van der Waals surface area contributed by atoms with E-state index in [-0.39, 0.29) is 0 Å². The minimum Gasteiger partial charge on any atom is -0.310 e. The Balaban J connectivity index is 1.95. The zero-order chi connectivity index (χ0) is 14.7. The molecule has 0 spiro atoms. The topological polar surface area (TPSA) is 12.0 Å². The molecule has 1 aromatic heterocycles. The summed E-state index contributed by atoms with van der Waals surface area (Å²) < 4.78 is 0.873. The van der Waals surface area contributed by atoms with Crippen LogP contribution in [0.1, 0.15) is 40.1 Å². The van der Waals surface area contributed by atoms with Crippen LogP contribution >= 0.6 is 22.9 Å². The van der Waals surface area contributed by atoms with Crippen molar-refractivity contribution in [3.63, 3.8) is 0 Å². The Morgan fingerprint density at radius 2 is 1.80 bits per heavy atom. The van der Waals surface area contributed by atoms with E-state index in [1.807, 2.05) is 6.07 Å². The Morgan fingerprint density at radius 3 is 2.45 bits per heavy atom. The molecule has 0 saturated carbocycles. The summed E-state index contributed by atoms with van der Waals surface area (Å²) in [7, 11) is 0. The quantitative estimate of drug-likeness (QED) is 0.798. The van der Waals surface area contributed by atoms with Gasteiger partial charge in [-0.25, -0.2) is 0 Å². The van der Waals surface area contributed by atoms with Crippen molar-refractivity contribution in [3.8, 4) is 0 Å². The maximum absolute atomic E-state index is 5.95. The van der Waals surface area contributed by atoms with Crippen LogP contribution in [0.5, 0.6) is 0 Å². The first-order chi connectivity index (χ1) is 9.47. The van der Waals surface area contributed by atoms with Crippen LogP contribution in [0.25, 0.3) is 0 Å². The molecule has 108 valence electrons. The van der Waals surface area contributed by atoms with Crippen LogP contribution in [0.15, 0.2) is 24.3 Å². The second-order valence-electron chi connectivity index (χ2n) is 5.42. The largest absolute Gasteiger partial charge is 0.310 e. The highest BCUT2D eigenvalue weighted by Gasteiger charge is 2.09. The van der Waals surface area contributed by atoms with Crippen molar-refractivity contribution < 1.29 is 0 Å². The normalized spacial score (nSPS) is 12.7. The number of halogens is 1. The molecular weight excluding hydrogens is 286 g/mol. The maximum atomic E-state index is 5.95. The highest BCUT2D eigenvalue weighted by atomic mass is 35.5. The van der Waals surface area contributed by atoms with Gasteiger partial charge in [-0.1, -0.05) is 23.7 Å². The molecule has 0 bridgehead atoms. The van der Waals surface area contributed by atoms with Crippen molar-refractivity contribution >= 4 is 22.9 Å². The second-order valence-corrected chi connectivity index (χ2v) is 7.22. The summed E-state index contributed by atoms with van der Waals surface area (Å²) in [6.07, 6.45) is 1.03. The Hall–Kier alpha value is -0.830. The van der Waals surface area contributed by atoms with Gasteiger partial charge in [0, 0.05) is 17.5 Å². The van der Waals surface area contributed by atoms with Crippen molar-refractivity contribution in [2.24, 2.45) is 0 Å². The van der Waals surface area contributed by atoms with E-state index < -0.39 is 0 Å². The fourth-order valence-corrected chi connectivity index (χ4v) is 3.54. The van der Waals surface area contributed by atoms with Crippen LogP contribution in [-0.4, -0.2) is 6.54 Å². The number of hydrogen-bond donors (Lipinski definition) is 1. The molecule has 0 aliphatic carbocycles. The number of thiophene rings is 1. The van der Waals surface area contributed by atoms with Gasteiger partial charge in [-0.05, 0) is 68.5 Å². The van der Waals surface area contributed by atoms with Crippen molar-refractivity contribution in [3.05, 3.63) is 55.7 Å². The molecule has 1 nitrogen and oxygen atoms in total. The molecule has 0 saturated heterocycles. The van der Waals surface area contributed by atoms with E-state index in [4.69, 9.17) is 11.6 Å². The minimum absolute atomic E-state index is 0.379. The molecular formula is C17H22ClNS. The zero-order valence-corrected chi connectivity index (χ0v) is 14.2. The number of aryl methyl sites for hydroxylation is 3. The predicted molar refractivity (Wildman–Crippen MR) is 90.1 cm³/mol. The molecule has 0 aliphatic heterocycles. The van der Waals surface area contributed by atoms with Crippen molar-refractivity contribution in [2.45, 2.75) is 40.2 Å². The average Bonchev–Trinajstić information content (AvgIpc) is 2.79. The number of nitrogens with one attached hydrogen (secondary N) is 1. The first-order valence-corrected chi connectivity index (χ1v) is 8.22. The Labute approximate surface area is 131 Å². The summed E-state index contributed by atoms with van der Waals surface area (Å²) in [6, 6.07) is 9.05. The lowest BCUT2D eigenvalue weighted by Gasteiger charge is -2.18. The van der Waals surface area contributed by atoms with Crippen LogP contribution < -0.4 is 5.32 Å². The summed E-state index contributed by atoms with van der Waals surface area (Å²) in [5.41, 5.74) is 5.50. The molecule has 1 atom stereocenters. The molecule has 20 heavy (non-hydrogen) atoms. The third-order valence-electron chi connectivity index (χ3n) is 3.80. The third kappa shape index (κ3) is 3.85. The predicted octanol–water partition coefficient (Wildman–Crippen LogP) is 5.22. The molecule has 0 amide bonds. The van der Waals surface area contributed by atoms with E-state index in [1.54, 1.807) is 11.3 Å². The van der Waals surface area contributed by atoms with Gasteiger partial charge in [0.15, 0.2) is 0 Å². The van der Waals surface area contributed by atoms with Gasteiger partial charge < -0.3 is 5.32 Å². The van der Waals surface area contributed by atoms with Crippen molar-refractivity contribution in [2.75, 3.05) is 6.54 Å². The number of benzene rings is 1. The molecule has 1 aromatic carbocycles. The summed E-state index contributed by atoms with van der Waals surface area (Å²) in [6.45, 7) is 9.76. The Bertz CT molecular complexity index is 589. The maximum Gasteiger partial charge on any atom is 0.0931 e. The summed E-state index contributed by atoms with van der Waals surface area (Å²) in [4.78, 5) is 1.34. The molecule has 1 heterocycles. The fraction of sp³-hybridized carbons (Fsp3) is 0.412. The second kappa shape index (κ2) is 6.75. The van der Waals surface area contributed by atoms with Gasteiger partial charge in [0.25, 0.3) is 0 Å². The lowest BCUT2D eigenvalue weighted by atomic mass is 9.96. The first-order valence-electron chi connectivity index (χ1n) is 7.02. The van der Waals surface area contributed by atoms with E-state index in [1.165, 1.54) is 27.1 Å². The summed E-state index contributed by atoms with van der Waals surface area (Å²) in [5, 5.41) is 3.61.